The highest BCUT2D eigenvalue weighted by molar-refractivity contribution is 5.85. The molecule has 1 aliphatic heterocycles. The molecule has 2 N–H and O–H groups in total. The van der Waals surface area contributed by atoms with Crippen molar-refractivity contribution in [3.8, 4) is 5.75 Å². The van der Waals surface area contributed by atoms with Gasteiger partial charge in [-0.05, 0) is 34.9 Å². The van der Waals surface area contributed by atoms with Crippen molar-refractivity contribution in [2.45, 2.75) is 65.3 Å². The van der Waals surface area contributed by atoms with E-state index in [1.165, 1.54) is 5.56 Å². The molecule has 0 amide bonds. The quantitative estimate of drug-likeness (QED) is 0.760. The maximum Gasteiger partial charge on any atom is 0.124 e. The molecule has 1 atom stereocenters. The highest BCUT2D eigenvalue weighted by atomic mass is 35.5. The second kappa shape index (κ2) is 8.94. The predicted molar refractivity (Wildman–Crippen MR) is 113 cm³/mol. The van der Waals surface area contributed by atoms with Crippen molar-refractivity contribution < 1.29 is 5.11 Å². The Balaban J connectivity index is 0.00000288. The van der Waals surface area contributed by atoms with Crippen LogP contribution < -0.4 is 5.32 Å². The number of benzene rings is 1. The van der Waals surface area contributed by atoms with Gasteiger partial charge >= 0.3 is 0 Å². The number of aromatic hydroxyl groups is 1. The molecular formula is C20H36Cl2N2O. The maximum absolute atomic E-state index is 11.0. The summed E-state index contributed by atoms with van der Waals surface area (Å²) in [6.07, 6.45) is 0. The topological polar surface area (TPSA) is 35.5 Å². The van der Waals surface area contributed by atoms with Gasteiger partial charge in [-0.3, -0.25) is 4.90 Å². The summed E-state index contributed by atoms with van der Waals surface area (Å²) in [4.78, 5) is 2.46. The first kappa shape index (κ1) is 24.5. The summed E-state index contributed by atoms with van der Waals surface area (Å²) in [6, 6.07) is 4.65. The summed E-state index contributed by atoms with van der Waals surface area (Å²) >= 11 is 0. The van der Waals surface area contributed by atoms with Gasteiger partial charge in [0.25, 0.3) is 0 Å². The fraction of sp³-hybridized carbons (Fsp3) is 0.700. The van der Waals surface area contributed by atoms with Gasteiger partial charge < -0.3 is 10.4 Å². The average molecular weight is 391 g/mol. The minimum atomic E-state index is -0.0662. The number of nitrogens with one attached hydrogen (secondary N) is 1. The molecule has 1 aliphatic rings. The molecule has 2 rings (SSSR count). The van der Waals surface area contributed by atoms with Gasteiger partial charge in [-0.1, -0.05) is 47.6 Å². The molecule has 1 aromatic carbocycles. The summed E-state index contributed by atoms with van der Waals surface area (Å²) in [5, 5.41) is 14.4. The van der Waals surface area contributed by atoms with Crippen LogP contribution in [0.4, 0.5) is 0 Å². The Morgan fingerprint density at radius 1 is 0.960 bits per heavy atom. The van der Waals surface area contributed by atoms with Gasteiger partial charge in [0.05, 0.1) is 0 Å². The molecule has 1 heterocycles. The first-order chi connectivity index (χ1) is 10.5. The van der Waals surface area contributed by atoms with Crippen molar-refractivity contribution in [3.05, 3.63) is 28.8 Å². The van der Waals surface area contributed by atoms with E-state index in [0.717, 1.165) is 37.3 Å². The van der Waals surface area contributed by atoms with E-state index in [1.54, 1.807) is 0 Å². The van der Waals surface area contributed by atoms with Crippen LogP contribution in [-0.2, 0) is 10.8 Å². The Bertz CT molecular complexity index is 556. The van der Waals surface area contributed by atoms with Crippen LogP contribution in [0.25, 0.3) is 0 Å². The Labute approximate surface area is 166 Å². The predicted octanol–water partition coefficient (Wildman–Crippen LogP) is 4.80. The number of piperazine rings is 1. The van der Waals surface area contributed by atoms with Gasteiger partial charge in [-0.25, -0.2) is 0 Å². The van der Waals surface area contributed by atoms with E-state index in [-0.39, 0.29) is 41.7 Å². The van der Waals surface area contributed by atoms with Crippen molar-refractivity contribution in [2.75, 3.05) is 26.2 Å². The van der Waals surface area contributed by atoms with Gasteiger partial charge in [0, 0.05) is 37.8 Å². The molecule has 0 radical (unpaired) electrons. The zero-order valence-electron chi connectivity index (χ0n) is 16.8. The third kappa shape index (κ3) is 5.75. The normalized spacial score (nSPS) is 17.4. The molecule has 0 saturated carbocycles. The highest BCUT2D eigenvalue weighted by Crippen LogP contribution is 2.41. The number of nitrogens with zero attached hydrogens (tertiary/aromatic N) is 1. The molecule has 0 aliphatic carbocycles. The van der Waals surface area contributed by atoms with Crippen LogP contribution in [0.2, 0.25) is 0 Å². The Hall–Kier alpha value is -0.480. The number of hydrogen-bond acceptors (Lipinski definition) is 3. The molecule has 1 aromatic rings. The Morgan fingerprint density at radius 3 is 1.92 bits per heavy atom. The van der Waals surface area contributed by atoms with Crippen molar-refractivity contribution in [3.63, 3.8) is 0 Å². The standard InChI is InChI=1S/C20H34N2O.2ClH/c1-14(22-10-8-21-9-11-22)16-12-15(19(2,3)4)13-17(18(16)23)20(5,6)7;;/h12-14,21,23H,8-11H2,1-7H3;2*1H/t14-;;/m1../s1. The lowest BCUT2D eigenvalue weighted by molar-refractivity contribution is 0.182. The van der Waals surface area contributed by atoms with E-state index >= 15 is 0 Å². The van der Waals surface area contributed by atoms with Gasteiger partial charge in [0.15, 0.2) is 0 Å². The van der Waals surface area contributed by atoms with Crippen molar-refractivity contribution in [2.24, 2.45) is 0 Å². The molecule has 0 spiro atoms. The first-order valence-corrected chi connectivity index (χ1v) is 8.84. The number of phenolic OH excluding ortho intramolecular Hbond substituents is 1. The lowest BCUT2D eigenvalue weighted by Gasteiger charge is -2.35. The van der Waals surface area contributed by atoms with E-state index in [1.807, 2.05) is 0 Å². The molecule has 1 fully saturated rings. The van der Waals surface area contributed by atoms with Gasteiger partial charge in [0.1, 0.15) is 5.75 Å². The molecular weight excluding hydrogens is 355 g/mol. The van der Waals surface area contributed by atoms with Crippen LogP contribution in [0.3, 0.4) is 0 Å². The summed E-state index contributed by atoms with van der Waals surface area (Å²) < 4.78 is 0. The molecule has 1 saturated heterocycles. The van der Waals surface area contributed by atoms with E-state index < -0.39 is 0 Å². The lowest BCUT2D eigenvalue weighted by atomic mass is 9.78. The molecule has 3 nitrogen and oxygen atoms in total. The Morgan fingerprint density at radius 2 is 1.48 bits per heavy atom. The fourth-order valence-electron chi connectivity index (χ4n) is 3.25. The SMILES string of the molecule is C[C@H](c1cc(C(C)(C)C)cc(C(C)(C)C)c1O)N1CCNCC1.Cl.Cl. The van der Waals surface area contributed by atoms with Crippen molar-refractivity contribution in [1.82, 2.24) is 10.2 Å². The summed E-state index contributed by atoms with van der Waals surface area (Å²) in [6.45, 7) is 19.6. The number of hydrogen-bond donors (Lipinski definition) is 2. The van der Waals surface area contributed by atoms with E-state index in [4.69, 9.17) is 0 Å². The third-order valence-electron chi connectivity index (χ3n) is 4.96. The van der Waals surface area contributed by atoms with Crippen LogP contribution in [0.5, 0.6) is 5.75 Å². The molecule has 0 aromatic heterocycles. The third-order valence-corrected chi connectivity index (χ3v) is 4.96. The zero-order valence-corrected chi connectivity index (χ0v) is 18.4. The lowest BCUT2D eigenvalue weighted by Crippen LogP contribution is -2.44. The van der Waals surface area contributed by atoms with Crippen LogP contribution in [0, 0.1) is 0 Å². The van der Waals surface area contributed by atoms with Crippen molar-refractivity contribution in [1.29, 1.82) is 0 Å². The second-order valence-corrected chi connectivity index (χ2v) is 8.92. The van der Waals surface area contributed by atoms with E-state index in [9.17, 15) is 5.11 Å². The van der Waals surface area contributed by atoms with E-state index in [0.29, 0.717) is 5.75 Å². The summed E-state index contributed by atoms with van der Waals surface area (Å²) in [5.74, 6) is 0.483. The highest BCUT2D eigenvalue weighted by Gasteiger charge is 2.28. The largest absolute Gasteiger partial charge is 0.507 e. The van der Waals surface area contributed by atoms with Crippen LogP contribution in [0.15, 0.2) is 12.1 Å². The first-order valence-electron chi connectivity index (χ1n) is 8.84. The van der Waals surface area contributed by atoms with E-state index in [2.05, 4.69) is 70.8 Å². The molecule has 146 valence electrons. The second-order valence-electron chi connectivity index (χ2n) is 8.92. The van der Waals surface area contributed by atoms with Gasteiger partial charge in [0.2, 0.25) is 0 Å². The zero-order chi connectivity index (χ0) is 17.4. The molecule has 0 unspecified atom stereocenters. The minimum Gasteiger partial charge on any atom is -0.507 e. The fourth-order valence-corrected chi connectivity index (χ4v) is 3.25. The van der Waals surface area contributed by atoms with Gasteiger partial charge in [-0.2, -0.15) is 0 Å². The van der Waals surface area contributed by atoms with Crippen molar-refractivity contribution >= 4 is 24.8 Å². The molecule has 0 bridgehead atoms. The number of rotatable bonds is 2. The Kier molecular flexibility index (Phi) is 8.77. The summed E-state index contributed by atoms with van der Waals surface area (Å²) in [7, 11) is 0. The van der Waals surface area contributed by atoms with Crippen LogP contribution >= 0.6 is 24.8 Å². The molecule has 5 heteroatoms. The van der Waals surface area contributed by atoms with Crippen LogP contribution in [-0.4, -0.2) is 36.2 Å². The smallest absolute Gasteiger partial charge is 0.124 e. The van der Waals surface area contributed by atoms with Crippen LogP contribution in [0.1, 0.15) is 71.2 Å². The number of phenols is 1. The summed E-state index contributed by atoms with van der Waals surface area (Å²) in [5.41, 5.74) is 3.44. The monoisotopic (exact) mass is 390 g/mol. The average Bonchev–Trinajstić information content (AvgIpc) is 2.45. The minimum absolute atomic E-state index is 0. The maximum atomic E-state index is 11.0. The number of halogens is 2. The molecule has 25 heavy (non-hydrogen) atoms. The van der Waals surface area contributed by atoms with Gasteiger partial charge in [-0.15, -0.1) is 24.8 Å².